The Bertz CT molecular complexity index is 543. The number of benzene rings is 1. The van der Waals surface area contributed by atoms with Crippen LogP contribution in [0.15, 0.2) is 24.3 Å². The molecule has 1 aliphatic carbocycles. The van der Waals surface area contributed by atoms with Gasteiger partial charge in [-0.1, -0.05) is 31.0 Å². The van der Waals surface area contributed by atoms with Gasteiger partial charge in [-0.2, -0.15) is 13.2 Å². The van der Waals surface area contributed by atoms with Crippen molar-refractivity contribution in [2.75, 3.05) is 13.1 Å². The number of nitrogens with one attached hydrogen (secondary N) is 1. The second kappa shape index (κ2) is 8.72. The number of halogens is 4. The maximum atomic E-state index is 13.0. The summed E-state index contributed by atoms with van der Waals surface area (Å²) in [6, 6.07) is 5.52. The zero-order chi connectivity index (χ0) is 16.9. The molecule has 1 aliphatic rings. The number of rotatable bonds is 6. The smallest absolute Gasteiger partial charge is 0.355 e. The van der Waals surface area contributed by atoms with Gasteiger partial charge in [0.25, 0.3) is 0 Å². The third-order valence-electron chi connectivity index (χ3n) is 4.59. The summed E-state index contributed by atoms with van der Waals surface area (Å²) in [6.45, 7) is 0.837. The molecule has 1 aromatic rings. The third-order valence-corrected chi connectivity index (χ3v) is 4.59. The highest BCUT2D eigenvalue weighted by atomic mass is 35.5. The monoisotopic (exact) mass is 364 g/mol. The molecule has 0 unspecified atom stereocenters. The predicted molar refractivity (Wildman–Crippen MR) is 90.1 cm³/mol. The van der Waals surface area contributed by atoms with Crippen LogP contribution in [0.4, 0.5) is 13.2 Å². The lowest BCUT2D eigenvalue weighted by Crippen LogP contribution is -2.39. The molecule has 0 saturated heterocycles. The van der Waals surface area contributed by atoms with E-state index in [1.165, 1.54) is 12.1 Å². The number of carbonyl (C=O) groups is 1. The minimum absolute atomic E-state index is 0. The Labute approximate surface area is 146 Å². The van der Waals surface area contributed by atoms with Crippen molar-refractivity contribution in [3.63, 3.8) is 0 Å². The van der Waals surface area contributed by atoms with Crippen molar-refractivity contribution >= 4 is 18.3 Å². The second-order valence-corrected chi connectivity index (χ2v) is 6.23. The molecule has 1 saturated carbocycles. The van der Waals surface area contributed by atoms with Gasteiger partial charge in [0.05, 0.1) is 5.56 Å². The summed E-state index contributed by atoms with van der Waals surface area (Å²) in [6.07, 6.45) is 0.151. The highest BCUT2D eigenvalue weighted by Gasteiger charge is 2.38. The van der Waals surface area contributed by atoms with Crippen LogP contribution >= 0.6 is 12.4 Å². The number of carbonyl (C=O) groups excluding carboxylic acids is 1. The van der Waals surface area contributed by atoms with Gasteiger partial charge in [0.1, 0.15) is 0 Å². The van der Waals surface area contributed by atoms with Crippen LogP contribution in [0.25, 0.3) is 0 Å². The van der Waals surface area contributed by atoms with Crippen molar-refractivity contribution in [3.05, 3.63) is 35.4 Å². The van der Waals surface area contributed by atoms with E-state index in [0.29, 0.717) is 31.5 Å². The summed E-state index contributed by atoms with van der Waals surface area (Å²) in [5.74, 6) is -0.0892. The molecule has 0 radical (unpaired) electrons. The van der Waals surface area contributed by atoms with Gasteiger partial charge in [0.15, 0.2) is 0 Å². The van der Waals surface area contributed by atoms with Crippen molar-refractivity contribution < 1.29 is 18.0 Å². The predicted octanol–water partition coefficient (Wildman–Crippen LogP) is 3.79. The van der Waals surface area contributed by atoms with E-state index >= 15 is 0 Å². The normalized spacial score (nSPS) is 16.5. The maximum Gasteiger partial charge on any atom is 0.416 e. The first-order valence-corrected chi connectivity index (χ1v) is 8.02. The first-order chi connectivity index (χ1) is 10.9. The van der Waals surface area contributed by atoms with Gasteiger partial charge in [0, 0.05) is 18.4 Å². The second-order valence-electron chi connectivity index (χ2n) is 6.23. The van der Waals surface area contributed by atoms with E-state index in [9.17, 15) is 18.0 Å². The Kier molecular flexibility index (Phi) is 7.55. The van der Waals surface area contributed by atoms with Crippen molar-refractivity contribution in [2.24, 2.45) is 5.73 Å². The Morgan fingerprint density at radius 1 is 1.25 bits per heavy atom. The fraction of sp³-hybridized carbons (Fsp3) is 0.588. The molecule has 2 rings (SSSR count). The highest BCUT2D eigenvalue weighted by molar-refractivity contribution is 5.85. The molecule has 0 atom stereocenters. The molecule has 1 fully saturated rings. The fourth-order valence-electron chi connectivity index (χ4n) is 3.26. The van der Waals surface area contributed by atoms with Crippen LogP contribution < -0.4 is 11.1 Å². The van der Waals surface area contributed by atoms with Gasteiger partial charge < -0.3 is 11.1 Å². The lowest BCUT2D eigenvalue weighted by Gasteiger charge is -2.30. The largest absolute Gasteiger partial charge is 0.416 e. The Morgan fingerprint density at radius 2 is 1.92 bits per heavy atom. The van der Waals surface area contributed by atoms with Gasteiger partial charge in [-0.25, -0.2) is 0 Å². The number of amides is 1. The van der Waals surface area contributed by atoms with E-state index < -0.39 is 11.7 Å². The van der Waals surface area contributed by atoms with Gasteiger partial charge in [-0.05, 0) is 37.4 Å². The molecule has 0 aromatic heterocycles. The topological polar surface area (TPSA) is 55.1 Å². The molecule has 136 valence electrons. The Hall–Kier alpha value is -1.27. The van der Waals surface area contributed by atoms with E-state index in [-0.39, 0.29) is 23.7 Å². The summed E-state index contributed by atoms with van der Waals surface area (Å²) >= 11 is 0. The van der Waals surface area contributed by atoms with Crippen molar-refractivity contribution in [1.29, 1.82) is 0 Å². The molecule has 7 heteroatoms. The lowest BCUT2D eigenvalue weighted by molar-refractivity contribution is -0.137. The minimum Gasteiger partial charge on any atom is -0.355 e. The summed E-state index contributed by atoms with van der Waals surface area (Å²) in [7, 11) is 0. The van der Waals surface area contributed by atoms with Crippen molar-refractivity contribution in [2.45, 2.75) is 50.1 Å². The lowest BCUT2D eigenvalue weighted by atomic mass is 9.78. The molecular formula is C17H24ClF3N2O. The van der Waals surface area contributed by atoms with Crippen LogP contribution in [-0.2, 0) is 16.4 Å². The van der Waals surface area contributed by atoms with Gasteiger partial charge in [-0.3, -0.25) is 4.79 Å². The van der Waals surface area contributed by atoms with Crippen molar-refractivity contribution in [3.8, 4) is 0 Å². The maximum absolute atomic E-state index is 13.0. The summed E-state index contributed by atoms with van der Waals surface area (Å²) in [5, 5.41) is 2.88. The van der Waals surface area contributed by atoms with Crippen LogP contribution in [0, 0.1) is 0 Å². The molecule has 1 aromatic carbocycles. The summed E-state index contributed by atoms with van der Waals surface area (Å²) in [5.41, 5.74) is 5.04. The number of hydrogen-bond donors (Lipinski definition) is 2. The van der Waals surface area contributed by atoms with Crippen LogP contribution in [-0.4, -0.2) is 19.0 Å². The van der Waals surface area contributed by atoms with Gasteiger partial charge in [0.2, 0.25) is 5.91 Å². The molecule has 0 bridgehead atoms. The van der Waals surface area contributed by atoms with Gasteiger partial charge in [-0.15, -0.1) is 12.4 Å². The molecule has 24 heavy (non-hydrogen) atoms. The Morgan fingerprint density at radius 3 is 2.50 bits per heavy atom. The van der Waals surface area contributed by atoms with Crippen molar-refractivity contribution in [1.82, 2.24) is 5.32 Å². The first kappa shape index (κ1) is 20.8. The quantitative estimate of drug-likeness (QED) is 0.806. The standard InChI is InChI=1S/C17H23F3N2O.ClH/c18-17(19,20)14-6-3-5-13(11-14)16(8-1-2-9-16)12-22-15(23)7-4-10-21;/h3,5-6,11H,1-2,4,7-10,12,21H2,(H,22,23);1H. The van der Waals surface area contributed by atoms with Gasteiger partial charge >= 0.3 is 6.18 Å². The zero-order valence-electron chi connectivity index (χ0n) is 13.5. The van der Waals surface area contributed by atoms with E-state index in [0.717, 1.165) is 31.7 Å². The molecule has 0 aliphatic heterocycles. The average Bonchev–Trinajstić information content (AvgIpc) is 3.00. The SMILES string of the molecule is Cl.NCCCC(=O)NCC1(c2cccc(C(F)(F)F)c2)CCCC1. The van der Waals surface area contributed by atoms with Crippen LogP contribution in [0.1, 0.15) is 49.7 Å². The average molecular weight is 365 g/mol. The molecule has 0 heterocycles. The minimum atomic E-state index is -4.35. The fourth-order valence-corrected chi connectivity index (χ4v) is 3.26. The first-order valence-electron chi connectivity index (χ1n) is 8.02. The Balaban J connectivity index is 0.00000288. The third kappa shape index (κ3) is 5.11. The van der Waals surface area contributed by atoms with E-state index in [4.69, 9.17) is 5.73 Å². The molecule has 0 spiro atoms. The molecular weight excluding hydrogens is 341 g/mol. The zero-order valence-corrected chi connectivity index (χ0v) is 14.3. The molecule has 3 nitrogen and oxygen atoms in total. The number of hydrogen-bond acceptors (Lipinski definition) is 2. The molecule has 3 N–H and O–H groups in total. The summed E-state index contributed by atoms with van der Waals surface area (Å²) in [4.78, 5) is 11.8. The van der Waals surface area contributed by atoms with E-state index in [1.807, 2.05) is 0 Å². The van der Waals surface area contributed by atoms with E-state index in [2.05, 4.69) is 5.32 Å². The highest BCUT2D eigenvalue weighted by Crippen LogP contribution is 2.42. The van der Waals surface area contributed by atoms with E-state index in [1.54, 1.807) is 6.07 Å². The van der Waals surface area contributed by atoms with Crippen LogP contribution in [0.3, 0.4) is 0 Å². The summed E-state index contributed by atoms with van der Waals surface area (Å²) < 4.78 is 38.9. The number of nitrogens with two attached hydrogens (primary N) is 1. The van der Waals surface area contributed by atoms with Crippen LogP contribution in [0.5, 0.6) is 0 Å². The molecule has 1 amide bonds. The number of alkyl halides is 3. The van der Waals surface area contributed by atoms with Crippen LogP contribution in [0.2, 0.25) is 0 Å².